The van der Waals surface area contributed by atoms with Crippen molar-refractivity contribution < 1.29 is 18.0 Å². The van der Waals surface area contributed by atoms with Gasteiger partial charge >= 0.3 is 6.18 Å². The number of halogens is 3. The third-order valence-corrected chi connectivity index (χ3v) is 3.64. The zero-order valence-electron chi connectivity index (χ0n) is 12.4. The number of rotatable bonds is 5. The Balaban J connectivity index is 1.96. The second kappa shape index (κ2) is 6.90. The summed E-state index contributed by atoms with van der Waals surface area (Å²) in [5.41, 5.74) is -0.503. The van der Waals surface area contributed by atoms with Crippen molar-refractivity contribution in [3.63, 3.8) is 0 Å². The van der Waals surface area contributed by atoms with E-state index in [4.69, 9.17) is 0 Å². The molecular formula is C13H14F3N5OS. The fourth-order valence-corrected chi connectivity index (χ4v) is 2.41. The van der Waals surface area contributed by atoms with Gasteiger partial charge in [0.1, 0.15) is 17.2 Å². The molecule has 0 radical (unpaired) electrons. The topological polar surface area (TPSA) is 79.8 Å². The molecule has 6 nitrogen and oxygen atoms in total. The van der Waals surface area contributed by atoms with E-state index in [1.165, 1.54) is 18.3 Å². The first-order chi connectivity index (χ1) is 10.8. The molecule has 2 aromatic rings. The van der Waals surface area contributed by atoms with E-state index in [1.54, 1.807) is 12.4 Å². The quantitative estimate of drug-likeness (QED) is 0.869. The van der Waals surface area contributed by atoms with Gasteiger partial charge in [-0.2, -0.15) is 13.2 Å². The SMILES string of the molecule is CNc1nc(C(=O)NCCc2nc(C)cc(C(F)(F)F)n2)cs1. The lowest BCUT2D eigenvalue weighted by molar-refractivity contribution is -0.141. The summed E-state index contributed by atoms with van der Waals surface area (Å²) >= 11 is 1.28. The second-order valence-electron chi connectivity index (χ2n) is 4.60. The van der Waals surface area contributed by atoms with Gasteiger partial charge in [0, 0.05) is 31.1 Å². The molecule has 0 atom stereocenters. The number of anilines is 1. The van der Waals surface area contributed by atoms with Gasteiger partial charge in [0.25, 0.3) is 5.91 Å². The minimum absolute atomic E-state index is 0.0341. The van der Waals surface area contributed by atoms with Gasteiger partial charge in [0.2, 0.25) is 0 Å². The van der Waals surface area contributed by atoms with Crippen molar-refractivity contribution in [1.82, 2.24) is 20.3 Å². The highest BCUT2D eigenvalue weighted by molar-refractivity contribution is 7.13. The summed E-state index contributed by atoms with van der Waals surface area (Å²) < 4.78 is 38.0. The average molecular weight is 345 g/mol. The van der Waals surface area contributed by atoms with Crippen molar-refractivity contribution in [1.29, 1.82) is 0 Å². The van der Waals surface area contributed by atoms with Gasteiger partial charge in [-0.1, -0.05) is 0 Å². The van der Waals surface area contributed by atoms with Crippen LogP contribution in [0.15, 0.2) is 11.4 Å². The lowest BCUT2D eigenvalue weighted by atomic mass is 10.3. The molecule has 0 saturated heterocycles. The van der Waals surface area contributed by atoms with Gasteiger partial charge in [0.05, 0.1) is 0 Å². The van der Waals surface area contributed by atoms with E-state index in [0.717, 1.165) is 6.07 Å². The van der Waals surface area contributed by atoms with E-state index >= 15 is 0 Å². The first-order valence-electron chi connectivity index (χ1n) is 6.63. The molecule has 1 amide bonds. The van der Waals surface area contributed by atoms with Crippen molar-refractivity contribution in [2.75, 3.05) is 18.9 Å². The molecule has 2 heterocycles. The van der Waals surface area contributed by atoms with E-state index < -0.39 is 17.8 Å². The lowest BCUT2D eigenvalue weighted by Crippen LogP contribution is -2.26. The molecular weight excluding hydrogens is 331 g/mol. The number of aromatic nitrogens is 3. The zero-order valence-corrected chi connectivity index (χ0v) is 13.2. The van der Waals surface area contributed by atoms with E-state index in [0.29, 0.717) is 5.13 Å². The maximum absolute atomic E-state index is 12.7. The van der Waals surface area contributed by atoms with Crippen LogP contribution in [0, 0.1) is 6.92 Å². The fourth-order valence-electron chi connectivity index (χ4n) is 1.76. The van der Waals surface area contributed by atoms with Gasteiger partial charge in [-0.05, 0) is 13.0 Å². The van der Waals surface area contributed by atoms with Gasteiger partial charge < -0.3 is 10.6 Å². The highest BCUT2D eigenvalue weighted by Crippen LogP contribution is 2.27. The van der Waals surface area contributed by atoms with Crippen LogP contribution in [0.25, 0.3) is 0 Å². The maximum Gasteiger partial charge on any atom is 0.433 e. The molecule has 0 spiro atoms. The normalized spacial score (nSPS) is 11.3. The summed E-state index contributed by atoms with van der Waals surface area (Å²) in [7, 11) is 1.69. The zero-order chi connectivity index (χ0) is 17.0. The first-order valence-corrected chi connectivity index (χ1v) is 7.51. The molecule has 0 aromatic carbocycles. The lowest BCUT2D eigenvalue weighted by Gasteiger charge is -2.09. The summed E-state index contributed by atoms with van der Waals surface area (Å²) in [6, 6.07) is 0.886. The Morgan fingerprint density at radius 2 is 2.04 bits per heavy atom. The average Bonchev–Trinajstić information content (AvgIpc) is 2.94. The largest absolute Gasteiger partial charge is 0.433 e. The van der Waals surface area contributed by atoms with Gasteiger partial charge in [-0.25, -0.2) is 15.0 Å². The summed E-state index contributed by atoms with van der Waals surface area (Å²) in [5.74, 6) is -0.363. The number of aryl methyl sites for hydroxylation is 1. The number of nitrogens with zero attached hydrogens (tertiary/aromatic N) is 3. The molecule has 0 unspecified atom stereocenters. The summed E-state index contributed by atoms with van der Waals surface area (Å²) in [6.45, 7) is 1.58. The number of amides is 1. The van der Waals surface area contributed by atoms with Crippen LogP contribution >= 0.6 is 11.3 Å². The van der Waals surface area contributed by atoms with Gasteiger partial charge in [0.15, 0.2) is 5.13 Å². The van der Waals surface area contributed by atoms with Crippen molar-refractivity contribution >= 4 is 22.4 Å². The summed E-state index contributed by atoms with van der Waals surface area (Å²) in [4.78, 5) is 23.3. The Morgan fingerprint density at radius 1 is 1.30 bits per heavy atom. The number of nitrogens with one attached hydrogen (secondary N) is 2. The van der Waals surface area contributed by atoms with E-state index in [9.17, 15) is 18.0 Å². The number of alkyl halides is 3. The van der Waals surface area contributed by atoms with Crippen LogP contribution in [0.3, 0.4) is 0 Å². The highest BCUT2D eigenvalue weighted by atomic mass is 32.1. The Labute approximate surface area is 134 Å². The molecule has 2 aromatic heterocycles. The highest BCUT2D eigenvalue weighted by Gasteiger charge is 2.33. The van der Waals surface area contributed by atoms with Crippen LogP contribution in [-0.4, -0.2) is 34.5 Å². The van der Waals surface area contributed by atoms with Crippen LogP contribution in [0.5, 0.6) is 0 Å². The van der Waals surface area contributed by atoms with Crippen LogP contribution < -0.4 is 10.6 Å². The fraction of sp³-hybridized carbons (Fsp3) is 0.385. The molecule has 0 bridgehead atoms. The minimum Gasteiger partial charge on any atom is -0.365 e. The number of carbonyl (C=O) groups is 1. The Morgan fingerprint density at radius 3 is 2.65 bits per heavy atom. The number of hydrogen-bond acceptors (Lipinski definition) is 6. The van der Waals surface area contributed by atoms with Gasteiger partial charge in [-0.3, -0.25) is 4.79 Å². The second-order valence-corrected chi connectivity index (χ2v) is 5.46. The Hall–Kier alpha value is -2.23. The molecule has 0 aliphatic carbocycles. The molecule has 2 N–H and O–H groups in total. The van der Waals surface area contributed by atoms with Crippen molar-refractivity contribution in [2.45, 2.75) is 19.5 Å². The minimum atomic E-state index is -4.52. The monoisotopic (exact) mass is 345 g/mol. The predicted molar refractivity (Wildman–Crippen MR) is 79.5 cm³/mol. The molecule has 0 saturated carbocycles. The molecule has 0 aliphatic heterocycles. The van der Waals surface area contributed by atoms with Crippen LogP contribution in [0.1, 0.15) is 27.7 Å². The number of hydrogen-bond donors (Lipinski definition) is 2. The molecule has 0 fully saturated rings. The van der Waals surface area contributed by atoms with E-state index in [1.807, 2.05) is 0 Å². The van der Waals surface area contributed by atoms with Crippen LogP contribution in [0.4, 0.5) is 18.3 Å². The molecule has 2 rings (SSSR count). The third kappa shape index (κ3) is 4.62. The van der Waals surface area contributed by atoms with E-state index in [2.05, 4.69) is 25.6 Å². The van der Waals surface area contributed by atoms with Gasteiger partial charge in [-0.15, -0.1) is 11.3 Å². The third-order valence-electron chi connectivity index (χ3n) is 2.78. The molecule has 23 heavy (non-hydrogen) atoms. The summed E-state index contributed by atoms with van der Waals surface area (Å²) in [5, 5.41) is 7.58. The van der Waals surface area contributed by atoms with Crippen molar-refractivity contribution in [3.05, 3.63) is 34.4 Å². The Bertz CT molecular complexity index is 701. The summed E-state index contributed by atoms with van der Waals surface area (Å²) in [6.07, 6.45) is -4.42. The van der Waals surface area contributed by atoms with E-state index in [-0.39, 0.29) is 30.2 Å². The predicted octanol–water partition coefficient (Wildman–Crippen LogP) is 2.27. The Kier molecular flexibility index (Phi) is 5.14. The number of carbonyl (C=O) groups excluding carboxylic acids is 1. The molecule has 0 aliphatic rings. The van der Waals surface area contributed by atoms with Crippen LogP contribution in [-0.2, 0) is 12.6 Å². The van der Waals surface area contributed by atoms with Crippen molar-refractivity contribution in [3.8, 4) is 0 Å². The smallest absolute Gasteiger partial charge is 0.365 e. The van der Waals surface area contributed by atoms with Crippen LogP contribution in [0.2, 0.25) is 0 Å². The first kappa shape index (κ1) is 17.1. The molecule has 124 valence electrons. The van der Waals surface area contributed by atoms with Crippen molar-refractivity contribution in [2.24, 2.45) is 0 Å². The number of thiazole rings is 1. The standard InChI is InChI=1S/C13H14F3N5OS/c1-7-5-9(13(14,15)16)21-10(19-7)3-4-18-11(22)8-6-23-12(17-2)20-8/h5-6H,3-4H2,1-2H3,(H,17,20)(H,18,22). The maximum atomic E-state index is 12.7. The molecule has 10 heteroatoms.